The van der Waals surface area contributed by atoms with Crippen LogP contribution in [0.1, 0.15) is 213 Å². The fraction of sp³-hybridized carbons (Fsp3) is 0.841. The second-order valence-corrected chi connectivity index (χ2v) is 17.0. The van der Waals surface area contributed by atoms with Gasteiger partial charge in [0.15, 0.2) is 0 Å². The molecule has 2 heterocycles. The molecule has 2 aliphatic heterocycles. The van der Waals surface area contributed by atoms with Crippen LogP contribution in [-0.2, 0) is 14.3 Å². The normalized spacial score (nSPS) is 22.0. The van der Waals surface area contributed by atoms with Crippen molar-refractivity contribution in [3.05, 3.63) is 30.3 Å². The maximum absolute atomic E-state index is 12.8. The predicted molar refractivity (Wildman–Crippen MR) is 208 cm³/mol. The summed E-state index contributed by atoms with van der Waals surface area (Å²) < 4.78 is 11.2. The van der Waals surface area contributed by atoms with Crippen molar-refractivity contribution in [3.63, 3.8) is 0 Å². The van der Waals surface area contributed by atoms with E-state index in [1.807, 2.05) is 13.0 Å². The summed E-state index contributed by atoms with van der Waals surface area (Å²) in [5, 5.41) is 0. The van der Waals surface area contributed by atoms with E-state index >= 15 is 0 Å². The molecular formula is C44H76O3S. The molecule has 3 rings (SSSR count). The van der Waals surface area contributed by atoms with E-state index in [0.29, 0.717) is 12.2 Å². The maximum atomic E-state index is 12.8. The molecule has 4 heteroatoms. The van der Waals surface area contributed by atoms with Crippen LogP contribution >= 0.6 is 11.8 Å². The molecular weight excluding hydrogens is 609 g/mol. The second-order valence-electron chi connectivity index (χ2n) is 15.6. The van der Waals surface area contributed by atoms with Gasteiger partial charge in [0.05, 0.1) is 12.2 Å². The molecule has 0 spiro atoms. The lowest BCUT2D eigenvalue weighted by atomic mass is 9.96. The number of esters is 1. The van der Waals surface area contributed by atoms with Gasteiger partial charge in [0.1, 0.15) is 10.9 Å². The molecule has 3 nitrogen and oxygen atoms in total. The first-order valence-electron chi connectivity index (χ1n) is 21.2. The number of hydrogen-bond donors (Lipinski definition) is 0. The second kappa shape index (κ2) is 26.8. The van der Waals surface area contributed by atoms with Crippen molar-refractivity contribution in [2.75, 3.05) is 0 Å². The smallest absolute Gasteiger partial charge is 0.322 e. The van der Waals surface area contributed by atoms with Crippen molar-refractivity contribution >= 4 is 17.7 Å². The van der Waals surface area contributed by atoms with Crippen molar-refractivity contribution in [2.24, 2.45) is 0 Å². The Hall–Kier alpha value is -1.00. The average molecular weight is 685 g/mol. The molecule has 0 aromatic heterocycles. The van der Waals surface area contributed by atoms with Crippen LogP contribution in [0.5, 0.6) is 0 Å². The molecule has 2 aliphatic rings. The quantitative estimate of drug-likeness (QED) is 0.0420. The van der Waals surface area contributed by atoms with Crippen molar-refractivity contribution < 1.29 is 14.3 Å². The topological polar surface area (TPSA) is 38.8 Å². The summed E-state index contributed by atoms with van der Waals surface area (Å²) >= 11 is 1.73. The van der Waals surface area contributed by atoms with Crippen LogP contribution in [0.15, 0.2) is 35.2 Å². The van der Waals surface area contributed by atoms with E-state index in [4.69, 9.17) is 9.47 Å². The third-order valence-corrected chi connectivity index (χ3v) is 12.4. The van der Waals surface area contributed by atoms with Gasteiger partial charge < -0.3 is 9.47 Å². The zero-order chi connectivity index (χ0) is 34.0. The van der Waals surface area contributed by atoms with Crippen LogP contribution in [0.2, 0.25) is 0 Å². The zero-order valence-corrected chi connectivity index (χ0v) is 32.5. The number of carbonyl (C=O) groups excluding carboxylic acids is 1. The molecule has 2 saturated heterocycles. The van der Waals surface area contributed by atoms with Crippen LogP contribution in [0.4, 0.5) is 0 Å². The number of thioether (sulfide) groups is 1. The SMILES string of the molecule is CCCCCCCCCCCCCC[C@H]1O[C@H]1CCCCCCCCCCCCCCCCCC1(Sc2ccccc2)C[C@H](C)OC1=O. The van der Waals surface area contributed by atoms with Crippen molar-refractivity contribution in [2.45, 2.75) is 241 Å². The first-order valence-corrected chi connectivity index (χ1v) is 22.1. The summed E-state index contributed by atoms with van der Waals surface area (Å²) in [5.41, 5.74) is 0. The highest BCUT2D eigenvalue weighted by atomic mass is 32.2. The number of benzene rings is 1. The van der Waals surface area contributed by atoms with Crippen molar-refractivity contribution in [1.82, 2.24) is 0 Å². The van der Waals surface area contributed by atoms with Gasteiger partial charge >= 0.3 is 5.97 Å². The van der Waals surface area contributed by atoms with Gasteiger partial charge in [-0.1, -0.05) is 198 Å². The van der Waals surface area contributed by atoms with Gasteiger partial charge in [0, 0.05) is 11.3 Å². The van der Waals surface area contributed by atoms with E-state index < -0.39 is 0 Å². The van der Waals surface area contributed by atoms with Crippen LogP contribution in [-0.4, -0.2) is 29.0 Å². The van der Waals surface area contributed by atoms with Gasteiger partial charge in [-0.25, -0.2) is 0 Å². The highest BCUT2D eigenvalue weighted by molar-refractivity contribution is 8.01. The van der Waals surface area contributed by atoms with E-state index in [9.17, 15) is 4.79 Å². The molecule has 2 fully saturated rings. The summed E-state index contributed by atoms with van der Waals surface area (Å²) in [6.07, 6.45) is 43.3. The van der Waals surface area contributed by atoms with Gasteiger partial charge in [0.2, 0.25) is 0 Å². The van der Waals surface area contributed by atoms with Crippen LogP contribution in [0.25, 0.3) is 0 Å². The van der Waals surface area contributed by atoms with Gasteiger partial charge in [-0.15, -0.1) is 11.8 Å². The number of epoxide rings is 1. The number of carbonyl (C=O) groups is 1. The van der Waals surface area contributed by atoms with E-state index in [1.165, 1.54) is 185 Å². The summed E-state index contributed by atoms with van der Waals surface area (Å²) in [5.74, 6) is 0.000739. The highest BCUT2D eigenvalue weighted by Crippen LogP contribution is 2.46. The maximum Gasteiger partial charge on any atom is 0.322 e. The standard InChI is InChI=1S/C44H76O3S/c1-3-4-5-6-7-8-9-15-18-21-24-30-35-41-42(47-41)36-31-25-22-19-16-13-11-10-12-14-17-20-23-26-32-37-44(38-39(2)46-43(44)45)48-40-33-28-27-29-34-40/h27-29,33-34,39,41-42H,3-26,30-32,35-38H2,1-2H3/t39-,41+,42-,44?/m0/s1. The van der Waals surface area contributed by atoms with Gasteiger partial charge in [-0.3, -0.25) is 4.79 Å². The fourth-order valence-corrected chi connectivity index (χ4v) is 9.30. The van der Waals surface area contributed by atoms with E-state index in [2.05, 4.69) is 31.2 Å². The summed E-state index contributed by atoms with van der Waals surface area (Å²) in [6, 6.07) is 10.4. The minimum Gasteiger partial charge on any atom is -0.462 e. The van der Waals surface area contributed by atoms with Crippen molar-refractivity contribution in [3.8, 4) is 0 Å². The van der Waals surface area contributed by atoms with Crippen LogP contribution in [0, 0.1) is 0 Å². The Morgan fingerprint density at radius 1 is 0.583 bits per heavy atom. The molecule has 1 aromatic rings. The molecule has 276 valence electrons. The predicted octanol–water partition coefficient (Wildman–Crippen LogP) is 14.3. The Morgan fingerprint density at radius 3 is 1.38 bits per heavy atom. The molecule has 0 aliphatic carbocycles. The number of hydrogen-bond acceptors (Lipinski definition) is 4. The molecule has 1 unspecified atom stereocenters. The van der Waals surface area contributed by atoms with E-state index in [1.54, 1.807) is 11.8 Å². The Kier molecular flexibility index (Phi) is 23.1. The molecule has 0 amide bonds. The molecule has 1 aromatic carbocycles. The minimum absolute atomic E-state index is 0.000739. The Balaban J connectivity index is 1.00. The molecule has 48 heavy (non-hydrogen) atoms. The van der Waals surface area contributed by atoms with Gasteiger partial charge in [0.25, 0.3) is 0 Å². The summed E-state index contributed by atoms with van der Waals surface area (Å²) in [6.45, 7) is 4.33. The summed E-state index contributed by atoms with van der Waals surface area (Å²) in [4.78, 5) is 14.0. The first-order chi connectivity index (χ1) is 23.6. The lowest BCUT2D eigenvalue weighted by molar-refractivity contribution is -0.142. The third-order valence-electron chi connectivity index (χ3n) is 11.0. The molecule has 0 radical (unpaired) electrons. The molecule has 0 N–H and O–H groups in total. The Bertz CT molecular complexity index is 906. The zero-order valence-electron chi connectivity index (χ0n) is 31.7. The van der Waals surface area contributed by atoms with Gasteiger partial charge in [-0.05, 0) is 38.3 Å². The average Bonchev–Trinajstić information content (AvgIpc) is 3.77. The molecule has 0 bridgehead atoms. The molecule has 4 atom stereocenters. The number of rotatable bonds is 33. The largest absolute Gasteiger partial charge is 0.462 e. The Labute approximate surface area is 302 Å². The minimum atomic E-state index is -0.388. The van der Waals surface area contributed by atoms with E-state index in [0.717, 1.165) is 19.3 Å². The summed E-state index contributed by atoms with van der Waals surface area (Å²) in [7, 11) is 0. The first kappa shape index (κ1) is 41.4. The van der Waals surface area contributed by atoms with Gasteiger partial charge in [-0.2, -0.15) is 0 Å². The molecule has 0 saturated carbocycles. The fourth-order valence-electron chi connectivity index (χ4n) is 7.86. The number of unbranched alkanes of at least 4 members (excludes halogenated alkanes) is 25. The lowest BCUT2D eigenvalue weighted by Gasteiger charge is -2.24. The lowest BCUT2D eigenvalue weighted by Crippen LogP contribution is -2.30. The van der Waals surface area contributed by atoms with Crippen LogP contribution < -0.4 is 0 Å². The number of ether oxygens (including phenoxy) is 2. The highest BCUT2D eigenvalue weighted by Gasteiger charge is 2.48. The van der Waals surface area contributed by atoms with E-state index in [-0.39, 0.29) is 16.8 Å². The number of cyclic esters (lactones) is 1. The third kappa shape index (κ3) is 18.8. The van der Waals surface area contributed by atoms with Crippen LogP contribution in [0.3, 0.4) is 0 Å². The van der Waals surface area contributed by atoms with Crippen molar-refractivity contribution in [1.29, 1.82) is 0 Å². The monoisotopic (exact) mass is 685 g/mol. The Morgan fingerprint density at radius 2 is 0.979 bits per heavy atom.